The summed E-state index contributed by atoms with van der Waals surface area (Å²) >= 11 is 0. The molecule has 1 aromatic rings. The molecule has 2 heteroatoms. The van der Waals surface area contributed by atoms with E-state index >= 15 is 0 Å². The first kappa shape index (κ1) is 14.0. The second-order valence-electron chi connectivity index (χ2n) is 4.56. The highest BCUT2D eigenvalue weighted by Crippen LogP contribution is 2.29. The Bertz CT molecular complexity index is 333. The molecule has 1 unspecified atom stereocenters. The summed E-state index contributed by atoms with van der Waals surface area (Å²) in [6.07, 6.45) is 2.66. The van der Waals surface area contributed by atoms with Crippen LogP contribution in [0.3, 0.4) is 0 Å². The molecule has 1 atom stereocenters. The van der Waals surface area contributed by atoms with Gasteiger partial charge in [0, 0.05) is 24.3 Å². The molecule has 0 spiro atoms. The minimum absolute atomic E-state index is 0.358. The SMILES string of the molecule is CCC(O)c1ccccc1N(C)C(CC)CC. The summed E-state index contributed by atoms with van der Waals surface area (Å²) in [5.74, 6) is 0. The fourth-order valence-electron chi connectivity index (χ4n) is 2.34. The van der Waals surface area contributed by atoms with E-state index in [0.717, 1.165) is 30.5 Å². The summed E-state index contributed by atoms with van der Waals surface area (Å²) in [7, 11) is 2.12. The van der Waals surface area contributed by atoms with E-state index in [2.05, 4.69) is 31.9 Å². The van der Waals surface area contributed by atoms with Gasteiger partial charge < -0.3 is 10.0 Å². The van der Waals surface area contributed by atoms with E-state index in [9.17, 15) is 5.11 Å². The van der Waals surface area contributed by atoms with Crippen LogP contribution < -0.4 is 4.90 Å². The molecular formula is C15H25NO. The van der Waals surface area contributed by atoms with Gasteiger partial charge in [0.1, 0.15) is 0 Å². The van der Waals surface area contributed by atoms with Crippen LogP contribution in [0, 0.1) is 0 Å². The molecule has 96 valence electrons. The molecule has 0 aliphatic heterocycles. The van der Waals surface area contributed by atoms with Crippen molar-refractivity contribution in [2.75, 3.05) is 11.9 Å². The van der Waals surface area contributed by atoms with Gasteiger partial charge in [-0.1, -0.05) is 39.0 Å². The lowest BCUT2D eigenvalue weighted by atomic mass is 10.0. The molecule has 0 aromatic heterocycles. The molecule has 1 N–H and O–H groups in total. The predicted molar refractivity (Wildman–Crippen MR) is 74.5 cm³/mol. The number of nitrogens with zero attached hydrogens (tertiary/aromatic N) is 1. The largest absolute Gasteiger partial charge is 0.388 e. The van der Waals surface area contributed by atoms with Crippen LogP contribution in [0.5, 0.6) is 0 Å². The summed E-state index contributed by atoms with van der Waals surface area (Å²) in [6.45, 7) is 6.44. The van der Waals surface area contributed by atoms with E-state index in [4.69, 9.17) is 0 Å². The van der Waals surface area contributed by atoms with E-state index in [0.29, 0.717) is 6.04 Å². The van der Waals surface area contributed by atoms with Crippen LogP contribution in [0.4, 0.5) is 5.69 Å². The van der Waals surface area contributed by atoms with Crippen LogP contribution in [0.1, 0.15) is 51.7 Å². The normalized spacial score (nSPS) is 12.8. The summed E-state index contributed by atoms with van der Waals surface area (Å²) < 4.78 is 0. The van der Waals surface area contributed by atoms with E-state index in [1.165, 1.54) is 0 Å². The number of para-hydroxylation sites is 1. The molecule has 0 radical (unpaired) electrons. The van der Waals surface area contributed by atoms with Crippen LogP contribution in [0.2, 0.25) is 0 Å². The minimum Gasteiger partial charge on any atom is -0.388 e. The van der Waals surface area contributed by atoms with Gasteiger partial charge in [-0.2, -0.15) is 0 Å². The van der Waals surface area contributed by atoms with E-state index in [1.54, 1.807) is 0 Å². The number of anilines is 1. The number of benzene rings is 1. The van der Waals surface area contributed by atoms with Gasteiger partial charge in [-0.05, 0) is 25.3 Å². The zero-order valence-corrected chi connectivity index (χ0v) is 11.5. The van der Waals surface area contributed by atoms with Gasteiger partial charge in [0.15, 0.2) is 0 Å². The third-order valence-electron chi connectivity index (χ3n) is 3.55. The standard InChI is InChI=1S/C15H25NO/c1-5-12(6-2)16(4)14-11-9-8-10-13(14)15(17)7-3/h8-12,15,17H,5-7H2,1-4H3. The maximum atomic E-state index is 10.1. The van der Waals surface area contributed by atoms with Gasteiger partial charge in [0.25, 0.3) is 0 Å². The Morgan fingerprint density at radius 1 is 1.06 bits per heavy atom. The van der Waals surface area contributed by atoms with Gasteiger partial charge in [0.05, 0.1) is 6.10 Å². The van der Waals surface area contributed by atoms with Crippen molar-refractivity contribution >= 4 is 5.69 Å². The Morgan fingerprint density at radius 2 is 1.65 bits per heavy atom. The quantitative estimate of drug-likeness (QED) is 0.811. The second-order valence-corrected chi connectivity index (χ2v) is 4.56. The third kappa shape index (κ3) is 3.22. The highest BCUT2D eigenvalue weighted by atomic mass is 16.3. The fourth-order valence-corrected chi connectivity index (χ4v) is 2.34. The van der Waals surface area contributed by atoms with E-state index < -0.39 is 0 Å². The Balaban J connectivity index is 3.03. The first-order valence-electron chi connectivity index (χ1n) is 6.65. The highest BCUT2D eigenvalue weighted by molar-refractivity contribution is 5.54. The number of hydrogen-bond acceptors (Lipinski definition) is 2. The summed E-state index contributed by atoms with van der Waals surface area (Å²) in [5, 5.41) is 10.1. The fraction of sp³-hybridized carbons (Fsp3) is 0.600. The van der Waals surface area contributed by atoms with Crippen molar-refractivity contribution in [3.63, 3.8) is 0 Å². The average molecular weight is 235 g/mol. The van der Waals surface area contributed by atoms with Gasteiger partial charge in [-0.3, -0.25) is 0 Å². The van der Waals surface area contributed by atoms with Gasteiger partial charge in [-0.15, -0.1) is 0 Å². The molecule has 0 saturated carbocycles. The van der Waals surface area contributed by atoms with Crippen LogP contribution >= 0.6 is 0 Å². The molecule has 1 aromatic carbocycles. The number of rotatable bonds is 6. The highest BCUT2D eigenvalue weighted by Gasteiger charge is 2.17. The maximum absolute atomic E-state index is 10.1. The van der Waals surface area contributed by atoms with Crippen molar-refractivity contribution in [3.05, 3.63) is 29.8 Å². The summed E-state index contributed by atoms with van der Waals surface area (Å²) in [6, 6.07) is 8.72. The van der Waals surface area contributed by atoms with Crippen molar-refractivity contribution in [1.29, 1.82) is 0 Å². The Kier molecular flexibility index (Phi) is 5.49. The molecule has 0 aliphatic rings. The lowest BCUT2D eigenvalue weighted by molar-refractivity contribution is 0.174. The Morgan fingerprint density at radius 3 is 2.18 bits per heavy atom. The van der Waals surface area contributed by atoms with Crippen LogP contribution in [0.25, 0.3) is 0 Å². The maximum Gasteiger partial charge on any atom is 0.0807 e. The van der Waals surface area contributed by atoms with Crippen LogP contribution in [-0.2, 0) is 0 Å². The van der Waals surface area contributed by atoms with Crippen molar-refractivity contribution in [3.8, 4) is 0 Å². The molecule has 0 aliphatic carbocycles. The monoisotopic (exact) mass is 235 g/mol. The molecule has 17 heavy (non-hydrogen) atoms. The third-order valence-corrected chi connectivity index (χ3v) is 3.55. The molecule has 1 rings (SSSR count). The van der Waals surface area contributed by atoms with Gasteiger partial charge in [0.2, 0.25) is 0 Å². The molecule has 0 bridgehead atoms. The number of hydrogen-bond donors (Lipinski definition) is 1. The number of aliphatic hydroxyl groups is 1. The van der Waals surface area contributed by atoms with E-state index in [1.807, 2.05) is 25.1 Å². The first-order valence-corrected chi connectivity index (χ1v) is 6.65. The van der Waals surface area contributed by atoms with E-state index in [-0.39, 0.29) is 6.10 Å². The second kappa shape index (κ2) is 6.65. The van der Waals surface area contributed by atoms with Crippen molar-refractivity contribution < 1.29 is 5.11 Å². The van der Waals surface area contributed by atoms with Crippen LogP contribution in [0.15, 0.2) is 24.3 Å². The molecule has 2 nitrogen and oxygen atoms in total. The molecule has 0 fully saturated rings. The summed E-state index contributed by atoms with van der Waals surface area (Å²) in [5.41, 5.74) is 2.21. The lowest BCUT2D eigenvalue weighted by Gasteiger charge is -2.31. The molecule has 0 saturated heterocycles. The topological polar surface area (TPSA) is 23.5 Å². The average Bonchev–Trinajstić information content (AvgIpc) is 2.39. The number of aliphatic hydroxyl groups excluding tert-OH is 1. The molecule has 0 heterocycles. The Labute approximate surface area is 105 Å². The van der Waals surface area contributed by atoms with Crippen molar-refractivity contribution in [2.24, 2.45) is 0 Å². The molecular weight excluding hydrogens is 210 g/mol. The minimum atomic E-state index is -0.358. The zero-order chi connectivity index (χ0) is 12.8. The smallest absolute Gasteiger partial charge is 0.0807 e. The van der Waals surface area contributed by atoms with Crippen LogP contribution in [-0.4, -0.2) is 18.2 Å². The zero-order valence-electron chi connectivity index (χ0n) is 11.5. The van der Waals surface area contributed by atoms with Crippen molar-refractivity contribution in [1.82, 2.24) is 0 Å². The lowest BCUT2D eigenvalue weighted by Crippen LogP contribution is -2.31. The van der Waals surface area contributed by atoms with Crippen molar-refractivity contribution in [2.45, 2.75) is 52.2 Å². The summed E-state index contributed by atoms with van der Waals surface area (Å²) in [4.78, 5) is 2.30. The van der Waals surface area contributed by atoms with Gasteiger partial charge >= 0.3 is 0 Å². The van der Waals surface area contributed by atoms with Gasteiger partial charge in [-0.25, -0.2) is 0 Å². The predicted octanol–water partition coefficient (Wildman–Crippen LogP) is 3.75. The Hall–Kier alpha value is -1.02. The molecule has 0 amide bonds. The first-order chi connectivity index (χ1) is 8.15.